The van der Waals surface area contributed by atoms with Gasteiger partial charge in [0.2, 0.25) is 0 Å². The van der Waals surface area contributed by atoms with Gasteiger partial charge in [-0.3, -0.25) is 34.0 Å². The summed E-state index contributed by atoms with van der Waals surface area (Å²) in [7, 11) is 1.73. The van der Waals surface area contributed by atoms with Crippen molar-refractivity contribution in [1.82, 2.24) is 39.3 Å². The Balaban J connectivity index is 1.14. The summed E-state index contributed by atoms with van der Waals surface area (Å²) in [5, 5.41) is 4.40. The number of piperazine rings is 2. The number of aryl methyl sites for hydroxylation is 1. The average molecular weight is 489 g/mol. The molecule has 0 spiro atoms. The third-order valence-electron chi connectivity index (χ3n) is 6.95. The molecule has 2 fully saturated rings. The highest BCUT2D eigenvalue weighted by Crippen LogP contribution is 2.15. The van der Waals surface area contributed by atoms with Gasteiger partial charge in [0.25, 0.3) is 11.8 Å². The fraction of sp³-hybridized carbons (Fsp3) is 0.423. The molecule has 5 heterocycles. The first-order chi connectivity index (χ1) is 17.6. The second kappa shape index (κ2) is 11.0. The molecule has 2 aliphatic rings. The normalized spacial score (nSPS) is 17.4. The van der Waals surface area contributed by atoms with Crippen molar-refractivity contribution in [2.45, 2.75) is 13.1 Å². The molecule has 0 unspecified atom stereocenters. The number of carbonyl (C=O) groups excluding carboxylic acids is 2. The molecule has 10 nitrogen and oxygen atoms in total. The van der Waals surface area contributed by atoms with Gasteiger partial charge in [-0.15, -0.1) is 0 Å². The largest absolute Gasteiger partial charge is 0.335 e. The van der Waals surface area contributed by atoms with Gasteiger partial charge in [-0.1, -0.05) is 0 Å². The molecule has 0 N–H and O–H groups in total. The number of hydrogen-bond acceptors (Lipinski definition) is 7. The topological polar surface area (TPSA) is 90.7 Å². The molecule has 0 aromatic carbocycles. The Morgan fingerprint density at radius 1 is 0.694 bits per heavy atom. The molecule has 5 rings (SSSR count). The zero-order valence-electron chi connectivity index (χ0n) is 20.7. The van der Waals surface area contributed by atoms with Gasteiger partial charge >= 0.3 is 0 Å². The number of carbonyl (C=O) groups is 2. The first-order valence-electron chi connectivity index (χ1n) is 12.4. The van der Waals surface area contributed by atoms with Crippen molar-refractivity contribution in [3.63, 3.8) is 0 Å². The third kappa shape index (κ3) is 5.60. The van der Waals surface area contributed by atoms with Crippen LogP contribution in [0.5, 0.6) is 0 Å². The van der Waals surface area contributed by atoms with Crippen LogP contribution in [0.3, 0.4) is 0 Å². The number of pyridine rings is 2. The van der Waals surface area contributed by atoms with Crippen LogP contribution in [-0.4, -0.2) is 104 Å². The lowest BCUT2D eigenvalue weighted by molar-refractivity contribution is 0.0614. The molecule has 3 aromatic heterocycles. The van der Waals surface area contributed by atoms with E-state index in [1.165, 1.54) is 11.1 Å². The lowest BCUT2D eigenvalue weighted by atomic mass is 10.2. The summed E-state index contributed by atoms with van der Waals surface area (Å²) in [5.41, 5.74) is 3.23. The zero-order valence-corrected chi connectivity index (χ0v) is 20.7. The SMILES string of the molecule is Cn1nc(C(=O)N2CCN(Cc3ccncc3)CC2)cc1C(=O)N1CCN(Cc2ccncc2)CC1. The molecule has 10 heteroatoms. The highest BCUT2D eigenvalue weighted by molar-refractivity contribution is 5.98. The summed E-state index contributed by atoms with van der Waals surface area (Å²) in [4.78, 5) is 42.8. The van der Waals surface area contributed by atoms with Gasteiger partial charge in [-0.05, 0) is 35.4 Å². The highest BCUT2D eigenvalue weighted by atomic mass is 16.2. The van der Waals surface area contributed by atoms with E-state index >= 15 is 0 Å². The molecule has 36 heavy (non-hydrogen) atoms. The lowest BCUT2D eigenvalue weighted by Crippen LogP contribution is -2.48. The average Bonchev–Trinajstić information content (AvgIpc) is 3.31. The number of aromatic nitrogens is 4. The third-order valence-corrected chi connectivity index (χ3v) is 6.95. The fourth-order valence-electron chi connectivity index (χ4n) is 4.81. The predicted molar refractivity (Wildman–Crippen MR) is 134 cm³/mol. The molecule has 0 saturated carbocycles. The Hall–Kier alpha value is -3.63. The minimum absolute atomic E-state index is 0.0743. The van der Waals surface area contributed by atoms with E-state index in [0.29, 0.717) is 37.6 Å². The predicted octanol–water partition coefficient (Wildman–Crippen LogP) is 1.13. The highest BCUT2D eigenvalue weighted by Gasteiger charge is 2.28. The molecule has 2 aliphatic heterocycles. The van der Waals surface area contributed by atoms with Crippen LogP contribution in [0, 0.1) is 0 Å². The molecule has 0 atom stereocenters. The molecular weight excluding hydrogens is 456 g/mol. The monoisotopic (exact) mass is 488 g/mol. The smallest absolute Gasteiger partial charge is 0.274 e. The van der Waals surface area contributed by atoms with Crippen molar-refractivity contribution >= 4 is 11.8 Å². The van der Waals surface area contributed by atoms with Crippen molar-refractivity contribution in [3.05, 3.63) is 77.6 Å². The summed E-state index contributed by atoms with van der Waals surface area (Å²) in [6.45, 7) is 7.51. The minimum Gasteiger partial charge on any atom is -0.335 e. The van der Waals surface area contributed by atoms with E-state index in [0.717, 1.165) is 39.3 Å². The number of rotatable bonds is 6. The lowest BCUT2D eigenvalue weighted by Gasteiger charge is -2.34. The maximum absolute atomic E-state index is 13.2. The van der Waals surface area contributed by atoms with Crippen LogP contribution in [0.15, 0.2) is 55.1 Å². The van der Waals surface area contributed by atoms with E-state index in [1.54, 1.807) is 42.6 Å². The fourth-order valence-corrected chi connectivity index (χ4v) is 4.81. The summed E-state index contributed by atoms with van der Waals surface area (Å²) < 4.78 is 1.54. The van der Waals surface area contributed by atoms with E-state index in [2.05, 4.69) is 24.9 Å². The van der Waals surface area contributed by atoms with Crippen LogP contribution < -0.4 is 0 Å². The van der Waals surface area contributed by atoms with Crippen molar-refractivity contribution < 1.29 is 9.59 Å². The van der Waals surface area contributed by atoms with E-state index in [4.69, 9.17) is 0 Å². The molecule has 0 radical (unpaired) electrons. The van der Waals surface area contributed by atoms with Crippen LogP contribution in [0.1, 0.15) is 32.1 Å². The van der Waals surface area contributed by atoms with E-state index in [9.17, 15) is 9.59 Å². The quantitative estimate of drug-likeness (QED) is 0.514. The first-order valence-corrected chi connectivity index (χ1v) is 12.4. The molecule has 3 aromatic rings. The van der Waals surface area contributed by atoms with Gasteiger partial charge in [-0.25, -0.2) is 0 Å². The van der Waals surface area contributed by atoms with Crippen molar-refractivity contribution in [2.24, 2.45) is 7.05 Å². The van der Waals surface area contributed by atoms with Gasteiger partial charge in [0.1, 0.15) is 5.69 Å². The molecule has 0 aliphatic carbocycles. The van der Waals surface area contributed by atoms with Crippen LogP contribution in [-0.2, 0) is 20.1 Å². The van der Waals surface area contributed by atoms with Gasteiger partial charge in [0.15, 0.2) is 5.69 Å². The van der Waals surface area contributed by atoms with Crippen molar-refractivity contribution in [2.75, 3.05) is 52.4 Å². The Morgan fingerprint density at radius 2 is 1.14 bits per heavy atom. The standard InChI is InChI=1S/C26H32N8O2/c1-30-24(26(36)34-16-12-32(13-17-34)20-22-4-8-28-9-5-22)18-23(29-30)25(35)33-14-10-31(11-15-33)19-21-2-6-27-7-3-21/h2-9,18H,10-17,19-20H2,1H3. The van der Waals surface area contributed by atoms with Crippen molar-refractivity contribution in [1.29, 1.82) is 0 Å². The maximum atomic E-state index is 13.2. The van der Waals surface area contributed by atoms with Crippen LogP contribution in [0.2, 0.25) is 0 Å². The Bertz CT molecular complexity index is 1170. The summed E-state index contributed by atoms with van der Waals surface area (Å²) >= 11 is 0. The van der Waals surface area contributed by atoms with Gasteiger partial charge in [0.05, 0.1) is 0 Å². The number of hydrogen-bond donors (Lipinski definition) is 0. The van der Waals surface area contributed by atoms with Gasteiger partial charge in [0, 0.05) is 103 Å². The van der Waals surface area contributed by atoms with Gasteiger partial charge in [-0.2, -0.15) is 5.10 Å². The molecule has 2 amide bonds. The van der Waals surface area contributed by atoms with Crippen LogP contribution in [0.4, 0.5) is 0 Å². The van der Waals surface area contributed by atoms with E-state index < -0.39 is 0 Å². The molecule has 0 bridgehead atoms. The number of nitrogens with zero attached hydrogens (tertiary/aromatic N) is 8. The molecule has 2 saturated heterocycles. The Morgan fingerprint density at radius 3 is 1.61 bits per heavy atom. The van der Waals surface area contributed by atoms with E-state index in [-0.39, 0.29) is 11.8 Å². The summed E-state index contributed by atoms with van der Waals surface area (Å²) in [5.74, 6) is -0.190. The van der Waals surface area contributed by atoms with Crippen LogP contribution in [0.25, 0.3) is 0 Å². The molecular formula is C26H32N8O2. The first kappa shape index (κ1) is 24.1. The van der Waals surface area contributed by atoms with E-state index in [1.807, 2.05) is 34.1 Å². The zero-order chi connectivity index (χ0) is 24.9. The second-order valence-corrected chi connectivity index (χ2v) is 9.39. The van der Waals surface area contributed by atoms with Crippen LogP contribution >= 0.6 is 0 Å². The van der Waals surface area contributed by atoms with Crippen molar-refractivity contribution in [3.8, 4) is 0 Å². The minimum atomic E-state index is -0.115. The second-order valence-electron chi connectivity index (χ2n) is 9.39. The maximum Gasteiger partial charge on any atom is 0.274 e. The number of amides is 2. The summed E-state index contributed by atoms with van der Waals surface area (Å²) in [6, 6.07) is 9.73. The summed E-state index contributed by atoms with van der Waals surface area (Å²) in [6.07, 6.45) is 7.22. The Labute approximate surface area is 211 Å². The molecule has 188 valence electrons. The Kier molecular flexibility index (Phi) is 7.33. The van der Waals surface area contributed by atoms with Gasteiger partial charge < -0.3 is 9.80 Å².